The van der Waals surface area contributed by atoms with Crippen LogP contribution in [0.1, 0.15) is 30.3 Å². The van der Waals surface area contributed by atoms with Gasteiger partial charge in [-0.25, -0.2) is 9.18 Å². The van der Waals surface area contributed by atoms with E-state index in [1.807, 2.05) is 0 Å². The predicted molar refractivity (Wildman–Crippen MR) is 84.8 cm³/mol. The molecule has 126 valence electrons. The van der Waals surface area contributed by atoms with Gasteiger partial charge in [-0.1, -0.05) is 12.1 Å². The molecule has 7 nitrogen and oxygen atoms in total. The van der Waals surface area contributed by atoms with Gasteiger partial charge in [-0.15, -0.1) is 0 Å². The number of aromatic nitrogens is 3. The van der Waals surface area contributed by atoms with E-state index in [0.717, 1.165) is 22.1 Å². The summed E-state index contributed by atoms with van der Waals surface area (Å²) in [7, 11) is 0. The number of amides is 1. The lowest BCUT2D eigenvalue weighted by Crippen LogP contribution is -2.46. The largest absolute Gasteiger partial charge is 0.352 e. The van der Waals surface area contributed by atoms with Gasteiger partial charge in [-0.05, 0) is 37.8 Å². The van der Waals surface area contributed by atoms with Gasteiger partial charge >= 0.3 is 5.69 Å². The van der Waals surface area contributed by atoms with E-state index < -0.39 is 28.7 Å². The van der Waals surface area contributed by atoms with E-state index in [0.29, 0.717) is 12.5 Å². The smallest absolute Gasteiger partial charge is 0.350 e. The highest BCUT2D eigenvalue weighted by atomic mass is 19.1. The minimum atomic E-state index is -0.786. The monoisotopic (exact) mass is 332 g/mol. The number of nitrogens with zero attached hydrogens (tertiary/aromatic N) is 3. The Morgan fingerprint density at radius 1 is 1.33 bits per heavy atom. The van der Waals surface area contributed by atoms with Crippen molar-refractivity contribution in [1.29, 1.82) is 0 Å². The Balaban J connectivity index is 2.10. The number of benzene rings is 1. The molecule has 8 heteroatoms. The Labute approximate surface area is 136 Å². The topological polar surface area (TPSA) is 86.0 Å². The highest BCUT2D eigenvalue weighted by molar-refractivity contribution is 5.91. The molecule has 1 aromatic carbocycles. The summed E-state index contributed by atoms with van der Waals surface area (Å²) in [6, 6.07) is 5.56. The van der Waals surface area contributed by atoms with Crippen LogP contribution < -0.4 is 16.6 Å². The molecule has 1 aliphatic rings. The minimum Gasteiger partial charge on any atom is -0.350 e. The molecule has 1 fully saturated rings. The first kappa shape index (κ1) is 16.1. The Morgan fingerprint density at radius 3 is 2.67 bits per heavy atom. The molecule has 0 aliphatic heterocycles. The summed E-state index contributed by atoms with van der Waals surface area (Å²) < 4.78 is 15.6. The van der Waals surface area contributed by atoms with Crippen molar-refractivity contribution < 1.29 is 9.18 Å². The van der Waals surface area contributed by atoms with Gasteiger partial charge in [0.25, 0.3) is 11.5 Å². The van der Waals surface area contributed by atoms with E-state index in [9.17, 15) is 18.8 Å². The van der Waals surface area contributed by atoms with Crippen molar-refractivity contribution >= 4 is 5.91 Å². The standard InChI is InChI=1S/C16H17FN4O3/c1-2-20-15(23)13(14(22)18-9-10-7-8-10)19-21(16(20)24)12-6-4-3-5-11(12)17/h3-6,10H,2,7-9H2,1H3,(H,18,22). The quantitative estimate of drug-likeness (QED) is 0.873. The second-order valence-corrected chi connectivity index (χ2v) is 5.70. The number of nitrogens with one attached hydrogen (secondary N) is 1. The maximum Gasteiger partial charge on any atom is 0.352 e. The fraction of sp³-hybridized carbons (Fsp3) is 0.375. The van der Waals surface area contributed by atoms with Gasteiger partial charge in [0.1, 0.15) is 11.5 Å². The van der Waals surface area contributed by atoms with Gasteiger partial charge in [-0.2, -0.15) is 9.78 Å². The zero-order chi connectivity index (χ0) is 17.3. The third kappa shape index (κ3) is 2.99. The molecule has 0 radical (unpaired) electrons. The highest BCUT2D eigenvalue weighted by Gasteiger charge is 2.25. The number of carbonyl (C=O) groups excluding carboxylic acids is 1. The van der Waals surface area contributed by atoms with Crippen LogP contribution >= 0.6 is 0 Å². The fourth-order valence-electron chi connectivity index (χ4n) is 2.36. The van der Waals surface area contributed by atoms with Crippen LogP contribution in [-0.4, -0.2) is 26.8 Å². The van der Waals surface area contributed by atoms with Crippen LogP contribution in [0, 0.1) is 11.7 Å². The Bertz CT molecular complexity index is 899. The van der Waals surface area contributed by atoms with E-state index in [4.69, 9.17) is 0 Å². The fourth-order valence-corrected chi connectivity index (χ4v) is 2.36. The number of halogens is 1. The number of hydrogen-bond donors (Lipinski definition) is 1. The van der Waals surface area contributed by atoms with Crippen molar-refractivity contribution in [1.82, 2.24) is 19.7 Å². The number of carbonyl (C=O) groups is 1. The first-order valence-electron chi connectivity index (χ1n) is 7.80. The lowest BCUT2D eigenvalue weighted by Gasteiger charge is -2.11. The molecule has 1 saturated carbocycles. The summed E-state index contributed by atoms with van der Waals surface area (Å²) in [5.74, 6) is -0.892. The number of para-hydroxylation sites is 1. The summed E-state index contributed by atoms with van der Waals surface area (Å²) >= 11 is 0. The van der Waals surface area contributed by atoms with Gasteiger partial charge in [0, 0.05) is 13.1 Å². The SMILES string of the molecule is CCn1c(=O)c(C(=O)NCC2CC2)nn(-c2ccccc2F)c1=O. The van der Waals surface area contributed by atoms with Gasteiger partial charge in [0.05, 0.1) is 0 Å². The Hall–Kier alpha value is -2.77. The van der Waals surface area contributed by atoms with Gasteiger partial charge in [0.15, 0.2) is 0 Å². The van der Waals surface area contributed by atoms with E-state index in [-0.39, 0.29) is 12.2 Å². The van der Waals surface area contributed by atoms with Crippen molar-refractivity contribution in [3.63, 3.8) is 0 Å². The summed E-state index contributed by atoms with van der Waals surface area (Å²) in [5, 5.41) is 6.47. The lowest BCUT2D eigenvalue weighted by molar-refractivity contribution is 0.0942. The van der Waals surface area contributed by atoms with Gasteiger partial charge in [-0.3, -0.25) is 14.2 Å². The van der Waals surface area contributed by atoms with E-state index in [2.05, 4.69) is 10.4 Å². The molecular weight excluding hydrogens is 315 g/mol. The highest BCUT2D eigenvalue weighted by Crippen LogP contribution is 2.27. The maximum atomic E-state index is 14.0. The van der Waals surface area contributed by atoms with Crippen molar-refractivity contribution in [2.45, 2.75) is 26.3 Å². The van der Waals surface area contributed by atoms with E-state index >= 15 is 0 Å². The predicted octanol–water partition coefficient (Wildman–Crippen LogP) is 0.693. The summed E-state index contributed by atoms with van der Waals surface area (Å²) in [4.78, 5) is 37.0. The second-order valence-electron chi connectivity index (χ2n) is 5.70. The minimum absolute atomic E-state index is 0.0531. The molecule has 1 amide bonds. The normalized spacial score (nSPS) is 13.8. The van der Waals surface area contributed by atoms with Crippen LogP contribution in [0.2, 0.25) is 0 Å². The molecule has 0 bridgehead atoms. The molecule has 1 aromatic heterocycles. The molecule has 1 N–H and O–H groups in total. The molecule has 1 heterocycles. The lowest BCUT2D eigenvalue weighted by atomic mass is 10.3. The summed E-state index contributed by atoms with van der Waals surface area (Å²) in [5.41, 5.74) is -2.09. The van der Waals surface area contributed by atoms with Crippen LogP contribution in [0.5, 0.6) is 0 Å². The first-order valence-corrected chi connectivity index (χ1v) is 7.80. The van der Waals surface area contributed by atoms with Crippen LogP contribution in [-0.2, 0) is 6.54 Å². The van der Waals surface area contributed by atoms with Crippen LogP contribution in [0.3, 0.4) is 0 Å². The molecule has 0 spiro atoms. The summed E-state index contributed by atoms with van der Waals surface area (Å²) in [6.07, 6.45) is 2.09. The molecular formula is C16H17FN4O3. The Kier molecular flexibility index (Phi) is 4.28. The molecule has 3 rings (SSSR count). The van der Waals surface area contributed by atoms with E-state index in [1.54, 1.807) is 13.0 Å². The first-order chi connectivity index (χ1) is 11.5. The molecule has 0 saturated heterocycles. The van der Waals surface area contributed by atoms with Crippen molar-refractivity contribution in [2.24, 2.45) is 5.92 Å². The van der Waals surface area contributed by atoms with Gasteiger partial charge in [0.2, 0.25) is 5.69 Å². The maximum absolute atomic E-state index is 14.0. The zero-order valence-corrected chi connectivity index (χ0v) is 13.2. The molecule has 1 aliphatic carbocycles. The molecule has 0 atom stereocenters. The number of rotatable bonds is 5. The van der Waals surface area contributed by atoms with E-state index in [1.165, 1.54) is 18.2 Å². The third-order valence-corrected chi connectivity index (χ3v) is 3.92. The summed E-state index contributed by atoms with van der Waals surface area (Å²) in [6.45, 7) is 2.11. The molecule has 24 heavy (non-hydrogen) atoms. The Morgan fingerprint density at radius 2 is 2.04 bits per heavy atom. The van der Waals surface area contributed by atoms with Crippen LogP contribution in [0.25, 0.3) is 5.69 Å². The van der Waals surface area contributed by atoms with Crippen LogP contribution in [0.15, 0.2) is 33.9 Å². The van der Waals surface area contributed by atoms with Gasteiger partial charge < -0.3 is 5.32 Å². The average Bonchev–Trinajstić information content (AvgIpc) is 3.39. The van der Waals surface area contributed by atoms with Crippen molar-refractivity contribution in [3.8, 4) is 5.69 Å². The third-order valence-electron chi connectivity index (χ3n) is 3.92. The molecule has 0 unspecified atom stereocenters. The second kappa shape index (κ2) is 6.38. The zero-order valence-electron chi connectivity index (χ0n) is 13.2. The average molecular weight is 332 g/mol. The van der Waals surface area contributed by atoms with Crippen molar-refractivity contribution in [3.05, 3.63) is 56.6 Å². The van der Waals surface area contributed by atoms with Crippen LogP contribution in [0.4, 0.5) is 4.39 Å². The van der Waals surface area contributed by atoms with Crippen molar-refractivity contribution in [2.75, 3.05) is 6.54 Å². The molecule has 2 aromatic rings. The number of hydrogen-bond acceptors (Lipinski definition) is 4.